The van der Waals surface area contributed by atoms with Crippen LogP contribution in [0.4, 0.5) is 8.78 Å². The second kappa shape index (κ2) is 7.33. The lowest BCUT2D eigenvalue weighted by Gasteiger charge is -2.27. The van der Waals surface area contributed by atoms with Crippen LogP contribution in [0.3, 0.4) is 0 Å². The predicted molar refractivity (Wildman–Crippen MR) is 83.4 cm³/mol. The summed E-state index contributed by atoms with van der Waals surface area (Å²) in [5.41, 5.74) is 0.222. The number of hydrogen-bond donors (Lipinski definition) is 0. The van der Waals surface area contributed by atoms with Crippen molar-refractivity contribution >= 4 is 15.7 Å². The second-order valence-corrected chi connectivity index (χ2v) is 7.62. The Bertz CT molecular complexity index is 708. The average Bonchev–Trinajstić information content (AvgIpc) is 2.87. The minimum atomic E-state index is -3.12. The van der Waals surface area contributed by atoms with E-state index < -0.39 is 16.4 Å². The molecular weight excluding hydrogens is 344 g/mol. The molecule has 2 rings (SSSR count). The van der Waals surface area contributed by atoms with Crippen molar-refractivity contribution in [2.24, 2.45) is 0 Å². The van der Waals surface area contributed by atoms with Crippen LogP contribution in [0.1, 0.15) is 23.7 Å². The standard InChI is InChI=1S/C15H19F2NO5S/c1-3-18(11-6-7-24(20,21)9-11)14(19)10-4-5-12(23-15(16)17)13(8-10)22-2/h4-5,8,11,15H,3,6-7,9H2,1-2H3/t11-/m1/s1. The van der Waals surface area contributed by atoms with Crippen molar-refractivity contribution in [3.8, 4) is 11.5 Å². The number of rotatable bonds is 6. The first-order valence-corrected chi connectivity index (χ1v) is 9.23. The average molecular weight is 363 g/mol. The van der Waals surface area contributed by atoms with Gasteiger partial charge >= 0.3 is 6.61 Å². The first-order valence-electron chi connectivity index (χ1n) is 7.41. The number of ether oxygens (including phenoxy) is 2. The number of hydrogen-bond acceptors (Lipinski definition) is 5. The van der Waals surface area contributed by atoms with E-state index in [2.05, 4.69) is 4.74 Å². The number of carbonyl (C=O) groups is 1. The fourth-order valence-corrected chi connectivity index (χ4v) is 4.48. The summed E-state index contributed by atoms with van der Waals surface area (Å²) in [6, 6.07) is 3.52. The maximum atomic E-state index is 12.7. The van der Waals surface area contributed by atoms with Crippen molar-refractivity contribution in [1.29, 1.82) is 0 Å². The second-order valence-electron chi connectivity index (χ2n) is 5.39. The number of sulfone groups is 1. The summed E-state index contributed by atoms with van der Waals surface area (Å²) in [6.07, 6.45) is 0.394. The van der Waals surface area contributed by atoms with E-state index in [9.17, 15) is 22.0 Å². The first-order chi connectivity index (χ1) is 11.3. The molecule has 1 aliphatic heterocycles. The van der Waals surface area contributed by atoms with E-state index in [-0.39, 0.29) is 40.5 Å². The van der Waals surface area contributed by atoms with E-state index in [1.807, 2.05) is 0 Å². The zero-order valence-corrected chi connectivity index (χ0v) is 14.2. The minimum Gasteiger partial charge on any atom is -0.493 e. The van der Waals surface area contributed by atoms with Gasteiger partial charge in [0.2, 0.25) is 0 Å². The predicted octanol–water partition coefficient (Wildman–Crippen LogP) is 1.95. The van der Waals surface area contributed by atoms with E-state index in [4.69, 9.17) is 4.74 Å². The molecule has 24 heavy (non-hydrogen) atoms. The molecule has 1 aromatic rings. The number of alkyl halides is 2. The summed E-state index contributed by atoms with van der Waals surface area (Å²) < 4.78 is 57.2. The number of halogens is 2. The van der Waals surface area contributed by atoms with Gasteiger partial charge in [-0.3, -0.25) is 4.79 Å². The molecule has 1 atom stereocenters. The summed E-state index contributed by atoms with van der Waals surface area (Å²) in [6.45, 7) is -0.901. The fraction of sp³-hybridized carbons (Fsp3) is 0.533. The van der Waals surface area contributed by atoms with Crippen LogP contribution in [0.5, 0.6) is 11.5 Å². The zero-order chi connectivity index (χ0) is 17.9. The molecule has 1 aromatic carbocycles. The maximum absolute atomic E-state index is 12.7. The lowest BCUT2D eigenvalue weighted by atomic mass is 10.1. The summed E-state index contributed by atoms with van der Waals surface area (Å²) in [5, 5.41) is 0. The van der Waals surface area contributed by atoms with Crippen LogP contribution in [0, 0.1) is 0 Å². The molecule has 1 heterocycles. The Labute approximate surface area is 139 Å². The minimum absolute atomic E-state index is 0.0104. The van der Waals surface area contributed by atoms with Gasteiger partial charge in [-0.1, -0.05) is 0 Å². The van der Waals surface area contributed by atoms with Crippen LogP contribution >= 0.6 is 0 Å². The topological polar surface area (TPSA) is 72.9 Å². The van der Waals surface area contributed by atoms with Crippen molar-refractivity contribution in [3.63, 3.8) is 0 Å². The van der Waals surface area contributed by atoms with Crippen molar-refractivity contribution in [2.45, 2.75) is 26.0 Å². The molecule has 0 N–H and O–H groups in total. The Balaban J connectivity index is 2.24. The smallest absolute Gasteiger partial charge is 0.387 e. The number of benzene rings is 1. The number of methoxy groups -OCH3 is 1. The molecule has 1 fully saturated rings. The lowest BCUT2D eigenvalue weighted by molar-refractivity contribution is -0.0512. The molecule has 0 saturated carbocycles. The SMILES string of the molecule is CCN(C(=O)c1ccc(OC(F)F)c(OC)c1)[C@@H]1CCS(=O)(=O)C1. The number of nitrogens with zero attached hydrogens (tertiary/aromatic N) is 1. The number of carbonyl (C=O) groups excluding carboxylic acids is 1. The molecule has 1 aliphatic rings. The largest absolute Gasteiger partial charge is 0.493 e. The van der Waals surface area contributed by atoms with Gasteiger partial charge in [0.1, 0.15) is 0 Å². The third-order valence-electron chi connectivity index (χ3n) is 3.88. The summed E-state index contributed by atoms with van der Waals surface area (Å²) in [5.74, 6) is -0.532. The Morgan fingerprint density at radius 3 is 2.58 bits per heavy atom. The van der Waals surface area contributed by atoms with E-state index in [1.165, 1.54) is 30.2 Å². The van der Waals surface area contributed by atoms with Crippen LogP contribution < -0.4 is 9.47 Å². The molecule has 134 valence electrons. The van der Waals surface area contributed by atoms with Gasteiger partial charge in [0, 0.05) is 18.2 Å². The quantitative estimate of drug-likeness (QED) is 0.772. The molecule has 0 radical (unpaired) electrons. The maximum Gasteiger partial charge on any atom is 0.387 e. The molecule has 0 bridgehead atoms. The van der Waals surface area contributed by atoms with Crippen LogP contribution in [0.15, 0.2) is 18.2 Å². The molecule has 9 heteroatoms. The number of amides is 1. The molecule has 0 aromatic heterocycles. The van der Waals surface area contributed by atoms with Crippen LogP contribution in [0.25, 0.3) is 0 Å². The third kappa shape index (κ3) is 4.14. The van der Waals surface area contributed by atoms with E-state index >= 15 is 0 Å². The molecule has 1 saturated heterocycles. The van der Waals surface area contributed by atoms with Gasteiger partial charge in [-0.15, -0.1) is 0 Å². The lowest BCUT2D eigenvalue weighted by Crippen LogP contribution is -2.40. The van der Waals surface area contributed by atoms with E-state index in [0.717, 1.165) is 0 Å². The Morgan fingerprint density at radius 1 is 1.38 bits per heavy atom. The van der Waals surface area contributed by atoms with Crippen LogP contribution in [-0.4, -0.2) is 57.0 Å². The van der Waals surface area contributed by atoms with Gasteiger partial charge in [-0.05, 0) is 31.5 Å². The molecule has 0 aliphatic carbocycles. The van der Waals surface area contributed by atoms with Gasteiger partial charge in [0.25, 0.3) is 5.91 Å². The highest BCUT2D eigenvalue weighted by Crippen LogP contribution is 2.30. The highest BCUT2D eigenvalue weighted by atomic mass is 32.2. The molecule has 0 spiro atoms. The molecule has 6 nitrogen and oxygen atoms in total. The van der Waals surface area contributed by atoms with Crippen molar-refractivity contribution < 1.29 is 31.5 Å². The molecule has 1 amide bonds. The van der Waals surface area contributed by atoms with Crippen LogP contribution in [-0.2, 0) is 9.84 Å². The monoisotopic (exact) mass is 363 g/mol. The highest BCUT2D eigenvalue weighted by Gasteiger charge is 2.34. The normalized spacial score (nSPS) is 19.3. The Kier molecular flexibility index (Phi) is 5.63. The van der Waals surface area contributed by atoms with Crippen molar-refractivity contribution in [3.05, 3.63) is 23.8 Å². The van der Waals surface area contributed by atoms with Gasteiger partial charge in [0.05, 0.1) is 18.6 Å². The first kappa shape index (κ1) is 18.4. The van der Waals surface area contributed by atoms with Gasteiger partial charge in [0.15, 0.2) is 21.3 Å². The Hall–Kier alpha value is -1.90. The van der Waals surface area contributed by atoms with Crippen molar-refractivity contribution in [1.82, 2.24) is 4.90 Å². The summed E-state index contributed by atoms with van der Waals surface area (Å²) in [4.78, 5) is 14.1. The van der Waals surface area contributed by atoms with E-state index in [0.29, 0.717) is 13.0 Å². The van der Waals surface area contributed by atoms with Gasteiger partial charge in [-0.2, -0.15) is 8.78 Å². The van der Waals surface area contributed by atoms with Crippen molar-refractivity contribution in [2.75, 3.05) is 25.2 Å². The zero-order valence-electron chi connectivity index (χ0n) is 13.4. The summed E-state index contributed by atoms with van der Waals surface area (Å²) >= 11 is 0. The fourth-order valence-electron chi connectivity index (χ4n) is 2.75. The summed E-state index contributed by atoms with van der Waals surface area (Å²) in [7, 11) is -1.84. The third-order valence-corrected chi connectivity index (χ3v) is 5.63. The molecular formula is C15H19F2NO5S. The van der Waals surface area contributed by atoms with Gasteiger partial charge < -0.3 is 14.4 Å². The van der Waals surface area contributed by atoms with Crippen LogP contribution in [0.2, 0.25) is 0 Å². The molecule has 0 unspecified atom stereocenters. The highest BCUT2D eigenvalue weighted by molar-refractivity contribution is 7.91. The Morgan fingerprint density at radius 2 is 2.08 bits per heavy atom. The van der Waals surface area contributed by atoms with E-state index in [1.54, 1.807) is 6.92 Å². The van der Waals surface area contributed by atoms with Gasteiger partial charge in [-0.25, -0.2) is 8.42 Å².